The number of halogens is 1. The smallest absolute Gasteiger partial charge is 0.331 e. The van der Waals surface area contributed by atoms with Crippen LogP contribution in [0.3, 0.4) is 0 Å². The van der Waals surface area contributed by atoms with E-state index >= 15 is 0 Å². The number of carbonyl (C=O) groups is 2. The number of fused-ring (bicyclic) bond motifs is 1. The Hall–Kier alpha value is -3.37. The van der Waals surface area contributed by atoms with Crippen LogP contribution in [0.2, 0.25) is 0 Å². The lowest BCUT2D eigenvalue weighted by molar-refractivity contribution is -0.136. The zero-order chi connectivity index (χ0) is 21.5. The highest BCUT2D eigenvalue weighted by Gasteiger charge is 2.16. The summed E-state index contributed by atoms with van der Waals surface area (Å²) in [4.78, 5) is 24.8. The molecule has 0 aliphatic heterocycles. The molecule has 152 valence electrons. The Balaban J connectivity index is 1.69. The number of para-hydroxylation sites is 1. The number of nitriles is 1. The first-order valence-electron chi connectivity index (χ1n) is 9.20. The largest absolute Gasteiger partial charge is 0.496 e. The Morgan fingerprint density at radius 1 is 1.23 bits per heavy atom. The molecule has 0 bridgehead atoms. The molecule has 0 radical (unpaired) electrons. The van der Waals surface area contributed by atoms with E-state index in [1.807, 2.05) is 41.0 Å². The number of aromatic nitrogens is 1. The van der Waals surface area contributed by atoms with Gasteiger partial charge in [0.25, 0.3) is 0 Å². The first kappa shape index (κ1) is 21.3. The lowest BCUT2D eigenvalue weighted by Gasteiger charge is -2.05. The van der Waals surface area contributed by atoms with Crippen LogP contribution in [0.4, 0.5) is 0 Å². The minimum Gasteiger partial charge on any atom is -0.496 e. The molecule has 0 saturated heterocycles. The molecular formula is C23H19BrN2O4. The van der Waals surface area contributed by atoms with Crippen molar-refractivity contribution < 1.29 is 19.1 Å². The van der Waals surface area contributed by atoms with E-state index in [1.165, 1.54) is 6.08 Å². The van der Waals surface area contributed by atoms with Crippen LogP contribution in [-0.4, -0.2) is 30.0 Å². The summed E-state index contributed by atoms with van der Waals surface area (Å²) in [5.41, 5.74) is 2.04. The SMILES string of the molecule is COc1ccc(Br)cc1/C=C/C(=O)OCC(=O)c1cn(CCC#N)c2ccccc12. The van der Waals surface area contributed by atoms with Crippen LogP contribution in [0.25, 0.3) is 17.0 Å². The number of methoxy groups -OCH3 is 1. The summed E-state index contributed by atoms with van der Waals surface area (Å²) in [5, 5.41) is 9.61. The van der Waals surface area contributed by atoms with Crippen molar-refractivity contribution in [3.05, 3.63) is 70.3 Å². The first-order chi connectivity index (χ1) is 14.5. The van der Waals surface area contributed by atoms with Gasteiger partial charge in [0.05, 0.1) is 19.6 Å². The summed E-state index contributed by atoms with van der Waals surface area (Å²) >= 11 is 3.38. The van der Waals surface area contributed by atoms with Crippen molar-refractivity contribution in [2.45, 2.75) is 13.0 Å². The third-order valence-electron chi connectivity index (χ3n) is 4.49. The highest BCUT2D eigenvalue weighted by atomic mass is 79.9. The van der Waals surface area contributed by atoms with Crippen molar-refractivity contribution >= 4 is 44.7 Å². The quantitative estimate of drug-likeness (QED) is 0.271. The molecule has 0 amide bonds. The molecule has 3 rings (SSSR count). The molecule has 30 heavy (non-hydrogen) atoms. The highest BCUT2D eigenvalue weighted by molar-refractivity contribution is 9.10. The number of aryl methyl sites for hydroxylation is 1. The zero-order valence-corrected chi connectivity index (χ0v) is 17.9. The molecular weight excluding hydrogens is 448 g/mol. The normalized spacial score (nSPS) is 10.8. The average Bonchev–Trinajstić information content (AvgIpc) is 3.13. The summed E-state index contributed by atoms with van der Waals surface area (Å²) in [5.74, 6) is -0.314. The van der Waals surface area contributed by atoms with Crippen LogP contribution in [0.5, 0.6) is 5.75 Å². The summed E-state index contributed by atoms with van der Waals surface area (Å²) in [6, 6.07) is 15.0. The van der Waals surface area contributed by atoms with E-state index in [2.05, 4.69) is 22.0 Å². The highest BCUT2D eigenvalue weighted by Crippen LogP contribution is 2.24. The molecule has 0 N–H and O–H groups in total. The number of esters is 1. The van der Waals surface area contributed by atoms with E-state index in [0.717, 1.165) is 15.4 Å². The van der Waals surface area contributed by atoms with Gasteiger partial charge in [0.2, 0.25) is 5.78 Å². The van der Waals surface area contributed by atoms with Gasteiger partial charge in [0, 0.05) is 45.3 Å². The lowest BCUT2D eigenvalue weighted by Crippen LogP contribution is -2.12. The Kier molecular flexibility index (Phi) is 7.04. The number of benzene rings is 2. The number of ketones is 1. The van der Waals surface area contributed by atoms with Gasteiger partial charge in [-0.25, -0.2) is 4.79 Å². The summed E-state index contributed by atoms with van der Waals surface area (Å²) in [6.07, 6.45) is 4.88. The molecule has 0 atom stereocenters. The van der Waals surface area contributed by atoms with Crippen LogP contribution < -0.4 is 4.74 Å². The van der Waals surface area contributed by atoms with Gasteiger partial charge in [0.15, 0.2) is 6.61 Å². The number of carbonyl (C=O) groups excluding carboxylic acids is 2. The average molecular weight is 467 g/mol. The maximum Gasteiger partial charge on any atom is 0.331 e. The van der Waals surface area contributed by atoms with E-state index < -0.39 is 5.97 Å². The van der Waals surface area contributed by atoms with Crippen LogP contribution in [0.1, 0.15) is 22.3 Å². The van der Waals surface area contributed by atoms with Gasteiger partial charge in [-0.15, -0.1) is 0 Å². The van der Waals surface area contributed by atoms with Crippen molar-refractivity contribution in [3.63, 3.8) is 0 Å². The minimum absolute atomic E-state index is 0.302. The first-order valence-corrected chi connectivity index (χ1v) is 9.99. The van der Waals surface area contributed by atoms with Gasteiger partial charge < -0.3 is 14.0 Å². The Bertz CT molecular complexity index is 1160. The maximum absolute atomic E-state index is 12.7. The molecule has 1 aromatic heterocycles. The molecule has 0 saturated carbocycles. The summed E-state index contributed by atoms with van der Waals surface area (Å²) in [6.45, 7) is 0.117. The Labute approximate surface area is 182 Å². The van der Waals surface area contributed by atoms with E-state index in [0.29, 0.717) is 29.8 Å². The topological polar surface area (TPSA) is 81.3 Å². The number of Topliss-reactive ketones (excluding diaryl/α,β-unsaturated/α-hetero) is 1. The van der Waals surface area contributed by atoms with E-state index in [-0.39, 0.29) is 12.4 Å². The molecule has 7 heteroatoms. The molecule has 0 aliphatic rings. The standard InChI is InChI=1S/C23H19BrN2O4/c1-29-22-9-8-17(24)13-16(22)7-10-23(28)30-15-21(27)19-14-26(12-4-11-25)20-6-3-2-5-18(19)20/h2-3,5-10,13-14H,4,12,15H2,1H3/b10-7+. The molecule has 0 spiro atoms. The van der Waals surface area contributed by atoms with Gasteiger partial charge in [-0.1, -0.05) is 34.1 Å². The summed E-state index contributed by atoms with van der Waals surface area (Å²) < 4.78 is 13.1. The minimum atomic E-state index is -0.626. The molecule has 0 unspecified atom stereocenters. The van der Waals surface area contributed by atoms with Gasteiger partial charge in [-0.3, -0.25) is 4.79 Å². The number of hydrogen-bond donors (Lipinski definition) is 0. The number of rotatable bonds is 8. The van der Waals surface area contributed by atoms with Crippen LogP contribution in [0.15, 0.2) is 59.2 Å². The Morgan fingerprint density at radius 3 is 2.80 bits per heavy atom. The number of nitrogens with zero attached hydrogens (tertiary/aromatic N) is 2. The maximum atomic E-state index is 12.7. The van der Waals surface area contributed by atoms with Gasteiger partial charge >= 0.3 is 5.97 Å². The van der Waals surface area contributed by atoms with Crippen molar-refractivity contribution in [2.75, 3.05) is 13.7 Å². The molecule has 6 nitrogen and oxygen atoms in total. The van der Waals surface area contributed by atoms with Crippen molar-refractivity contribution in [2.24, 2.45) is 0 Å². The van der Waals surface area contributed by atoms with Crippen molar-refractivity contribution in [1.29, 1.82) is 5.26 Å². The monoisotopic (exact) mass is 466 g/mol. The van der Waals surface area contributed by atoms with E-state index in [1.54, 1.807) is 25.4 Å². The molecule has 2 aromatic carbocycles. The molecule has 0 fully saturated rings. The van der Waals surface area contributed by atoms with Gasteiger partial charge in [0.1, 0.15) is 5.75 Å². The number of ether oxygens (including phenoxy) is 2. The van der Waals surface area contributed by atoms with Gasteiger partial charge in [-0.2, -0.15) is 5.26 Å². The third-order valence-corrected chi connectivity index (χ3v) is 4.98. The number of hydrogen-bond acceptors (Lipinski definition) is 5. The second-order valence-corrected chi connectivity index (χ2v) is 7.33. The van der Waals surface area contributed by atoms with Crippen molar-refractivity contribution in [3.8, 4) is 11.8 Å². The molecule has 1 heterocycles. The second-order valence-electron chi connectivity index (χ2n) is 6.41. The second kappa shape index (κ2) is 9.90. The van der Waals surface area contributed by atoms with Crippen LogP contribution in [0, 0.1) is 11.3 Å². The van der Waals surface area contributed by atoms with Gasteiger partial charge in [-0.05, 0) is 30.3 Å². The third kappa shape index (κ3) is 4.97. The zero-order valence-electron chi connectivity index (χ0n) is 16.3. The molecule has 3 aromatic rings. The fraction of sp³-hybridized carbons (Fsp3) is 0.174. The Morgan fingerprint density at radius 2 is 2.03 bits per heavy atom. The lowest BCUT2D eigenvalue weighted by atomic mass is 10.1. The predicted molar refractivity (Wildman–Crippen MR) is 117 cm³/mol. The fourth-order valence-electron chi connectivity index (χ4n) is 3.08. The predicted octanol–water partition coefficient (Wildman–Crippen LogP) is 4.77. The van der Waals surface area contributed by atoms with E-state index in [4.69, 9.17) is 14.7 Å². The van der Waals surface area contributed by atoms with E-state index in [9.17, 15) is 9.59 Å². The summed E-state index contributed by atoms with van der Waals surface area (Å²) in [7, 11) is 1.55. The fourth-order valence-corrected chi connectivity index (χ4v) is 3.46. The van der Waals surface area contributed by atoms with Crippen LogP contribution in [-0.2, 0) is 16.1 Å². The van der Waals surface area contributed by atoms with Crippen LogP contribution >= 0.6 is 15.9 Å². The molecule has 0 aliphatic carbocycles. The van der Waals surface area contributed by atoms with Crippen molar-refractivity contribution in [1.82, 2.24) is 4.57 Å².